The van der Waals surface area contributed by atoms with E-state index in [0.29, 0.717) is 18.0 Å². The van der Waals surface area contributed by atoms with E-state index in [9.17, 15) is 21.6 Å². The van der Waals surface area contributed by atoms with Gasteiger partial charge in [0.15, 0.2) is 0 Å². The minimum Gasteiger partial charge on any atom is -0.494 e. The normalized spacial score (nSPS) is 11.5. The Kier molecular flexibility index (Phi) is 9.67. The van der Waals surface area contributed by atoms with Crippen molar-refractivity contribution >= 4 is 66.2 Å². The molecule has 0 unspecified atom stereocenters. The summed E-state index contributed by atoms with van der Waals surface area (Å²) in [5, 5.41) is 2.88. The number of nitrogens with zero attached hydrogens (tertiary/aromatic N) is 1. The predicted molar refractivity (Wildman–Crippen MR) is 166 cm³/mol. The summed E-state index contributed by atoms with van der Waals surface area (Å²) in [7, 11) is -8.15. The molecule has 9 nitrogen and oxygen atoms in total. The van der Waals surface area contributed by atoms with Gasteiger partial charge < -0.3 is 10.1 Å². The lowest BCUT2D eigenvalue weighted by Crippen LogP contribution is -2.38. The minimum absolute atomic E-state index is 0.0128. The van der Waals surface area contributed by atoms with E-state index in [4.69, 9.17) is 27.9 Å². The van der Waals surface area contributed by atoms with Crippen LogP contribution in [-0.2, 0) is 24.8 Å². The number of rotatable bonds is 11. The van der Waals surface area contributed by atoms with E-state index in [2.05, 4.69) is 10.0 Å². The maximum absolute atomic E-state index is 13.6. The van der Waals surface area contributed by atoms with Gasteiger partial charge >= 0.3 is 0 Å². The van der Waals surface area contributed by atoms with Gasteiger partial charge in [-0.05, 0) is 86.6 Å². The molecule has 0 radical (unpaired) electrons. The van der Waals surface area contributed by atoms with E-state index in [0.717, 1.165) is 9.87 Å². The van der Waals surface area contributed by atoms with E-state index in [1.54, 1.807) is 42.5 Å². The number of carbonyl (C=O) groups excluding carboxylic acids is 1. The molecule has 42 heavy (non-hydrogen) atoms. The fraction of sp³-hybridized carbons (Fsp3) is 0.138. The zero-order valence-corrected chi connectivity index (χ0v) is 25.7. The lowest BCUT2D eigenvalue weighted by molar-refractivity contribution is -0.114. The largest absolute Gasteiger partial charge is 0.494 e. The van der Waals surface area contributed by atoms with Gasteiger partial charge in [-0.1, -0.05) is 47.0 Å². The van der Waals surface area contributed by atoms with Crippen LogP contribution in [0, 0.1) is 6.92 Å². The van der Waals surface area contributed by atoms with Gasteiger partial charge in [0.05, 0.1) is 37.8 Å². The highest BCUT2D eigenvalue weighted by Crippen LogP contribution is 2.31. The van der Waals surface area contributed by atoms with Gasteiger partial charge in [0.25, 0.3) is 20.0 Å². The summed E-state index contributed by atoms with van der Waals surface area (Å²) in [4.78, 5) is 13.0. The Morgan fingerprint density at radius 1 is 0.833 bits per heavy atom. The van der Waals surface area contributed by atoms with E-state index in [-0.39, 0.29) is 31.2 Å². The Morgan fingerprint density at radius 3 is 2.07 bits per heavy atom. The van der Waals surface area contributed by atoms with Crippen LogP contribution in [0.3, 0.4) is 0 Å². The van der Waals surface area contributed by atoms with Crippen molar-refractivity contribution in [3.63, 3.8) is 0 Å². The van der Waals surface area contributed by atoms with E-state index < -0.39 is 32.5 Å². The van der Waals surface area contributed by atoms with Gasteiger partial charge in [-0.15, -0.1) is 0 Å². The van der Waals surface area contributed by atoms with Gasteiger partial charge in [0.2, 0.25) is 5.91 Å². The van der Waals surface area contributed by atoms with Crippen molar-refractivity contribution < 1.29 is 26.4 Å². The van der Waals surface area contributed by atoms with Crippen LogP contribution in [0.2, 0.25) is 10.0 Å². The molecule has 1 amide bonds. The predicted octanol–water partition coefficient (Wildman–Crippen LogP) is 6.34. The van der Waals surface area contributed by atoms with E-state index in [1.807, 2.05) is 13.8 Å². The smallest absolute Gasteiger partial charge is 0.264 e. The minimum atomic E-state index is -4.14. The van der Waals surface area contributed by atoms with Crippen molar-refractivity contribution in [2.24, 2.45) is 0 Å². The lowest BCUT2D eigenvalue weighted by Gasteiger charge is -2.24. The van der Waals surface area contributed by atoms with Crippen molar-refractivity contribution in [2.75, 3.05) is 27.5 Å². The van der Waals surface area contributed by atoms with Gasteiger partial charge in [-0.3, -0.25) is 13.8 Å². The molecule has 0 spiro atoms. The number of aryl methyl sites for hydroxylation is 1. The molecule has 220 valence electrons. The fourth-order valence-corrected chi connectivity index (χ4v) is 6.76. The first kappa shape index (κ1) is 31.2. The number of hydrogen-bond donors (Lipinski definition) is 2. The Bertz CT molecular complexity index is 1780. The second-order valence-corrected chi connectivity index (χ2v) is 13.4. The van der Waals surface area contributed by atoms with Crippen molar-refractivity contribution in [3.8, 4) is 5.75 Å². The summed E-state index contributed by atoms with van der Waals surface area (Å²) in [5.74, 6) is -0.114. The number of hydrogen-bond acceptors (Lipinski definition) is 6. The van der Waals surface area contributed by atoms with Crippen LogP contribution in [0.5, 0.6) is 5.75 Å². The SMILES string of the molecule is CCOc1ccc(S(=O)(=O)N(CC(=O)Nc2ccc(S(=O)(=O)Nc3cccc(Cl)c3Cl)cc2)c2ccc(C)cc2)cc1. The maximum atomic E-state index is 13.6. The van der Waals surface area contributed by atoms with Gasteiger partial charge in [0, 0.05) is 5.69 Å². The van der Waals surface area contributed by atoms with Crippen molar-refractivity contribution in [1.82, 2.24) is 0 Å². The zero-order chi connectivity index (χ0) is 30.5. The Balaban J connectivity index is 1.53. The number of nitrogens with one attached hydrogen (secondary N) is 2. The Morgan fingerprint density at radius 2 is 1.45 bits per heavy atom. The molecule has 0 saturated heterocycles. The second kappa shape index (κ2) is 13.0. The average molecular weight is 649 g/mol. The summed E-state index contributed by atoms with van der Waals surface area (Å²) < 4.78 is 61.8. The van der Waals surface area contributed by atoms with Crippen LogP contribution < -0.4 is 19.1 Å². The lowest BCUT2D eigenvalue weighted by atomic mass is 10.2. The fourth-order valence-electron chi connectivity index (χ4n) is 3.86. The summed E-state index contributed by atoms with van der Waals surface area (Å²) in [6, 6.07) is 22.6. The molecule has 0 saturated carbocycles. The molecule has 2 N–H and O–H groups in total. The summed E-state index contributed by atoms with van der Waals surface area (Å²) in [6.07, 6.45) is 0. The Hall–Kier alpha value is -3.77. The number of ether oxygens (including phenoxy) is 1. The molecule has 0 aliphatic rings. The average Bonchev–Trinajstić information content (AvgIpc) is 2.95. The topological polar surface area (TPSA) is 122 Å². The van der Waals surface area contributed by atoms with Gasteiger partial charge in [-0.2, -0.15) is 0 Å². The van der Waals surface area contributed by atoms with Crippen LogP contribution in [0.1, 0.15) is 12.5 Å². The zero-order valence-electron chi connectivity index (χ0n) is 22.5. The number of benzene rings is 4. The van der Waals surface area contributed by atoms with Gasteiger partial charge in [0.1, 0.15) is 12.3 Å². The molecule has 0 fully saturated rings. The van der Waals surface area contributed by atoms with Gasteiger partial charge in [-0.25, -0.2) is 16.8 Å². The first-order chi connectivity index (χ1) is 19.9. The molecule has 0 heterocycles. The molecule has 0 bridgehead atoms. The van der Waals surface area contributed by atoms with Crippen molar-refractivity contribution in [3.05, 3.63) is 107 Å². The third-order valence-corrected chi connectivity index (χ3v) is 9.96. The highest BCUT2D eigenvalue weighted by molar-refractivity contribution is 7.93. The number of sulfonamides is 2. The summed E-state index contributed by atoms with van der Waals surface area (Å²) >= 11 is 12.1. The van der Waals surface area contributed by atoms with E-state index in [1.165, 1.54) is 48.5 Å². The molecular formula is C29H27Cl2N3O6S2. The molecule has 0 atom stereocenters. The molecule has 4 aromatic carbocycles. The molecule has 0 aliphatic carbocycles. The second-order valence-electron chi connectivity index (χ2n) is 9.03. The van der Waals surface area contributed by atoms with Crippen molar-refractivity contribution in [2.45, 2.75) is 23.6 Å². The maximum Gasteiger partial charge on any atom is 0.264 e. The quantitative estimate of drug-likeness (QED) is 0.196. The molecule has 13 heteroatoms. The number of amides is 1. The third kappa shape index (κ3) is 7.35. The highest BCUT2D eigenvalue weighted by Gasteiger charge is 2.27. The van der Waals surface area contributed by atoms with Crippen LogP contribution in [0.25, 0.3) is 0 Å². The first-order valence-electron chi connectivity index (χ1n) is 12.6. The molecule has 0 aromatic heterocycles. The molecule has 0 aliphatic heterocycles. The molecule has 4 rings (SSSR count). The number of carbonyl (C=O) groups is 1. The van der Waals surface area contributed by atoms with Crippen LogP contribution in [-0.4, -0.2) is 35.9 Å². The van der Waals surface area contributed by atoms with Crippen LogP contribution >= 0.6 is 23.2 Å². The third-order valence-electron chi connectivity index (χ3n) is 5.98. The number of anilines is 3. The van der Waals surface area contributed by atoms with E-state index >= 15 is 0 Å². The highest BCUT2D eigenvalue weighted by atomic mass is 35.5. The van der Waals surface area contributed by atoms with Crippen molar-refractivity contribution in [1.29, 1.82) is 0 Å². The molecule has 4 aromatic rings. The van der Waals surface area contributed by atoms with Crippen LogP contribution in [0.15, 0.2) is 101 Å². The van der Waals surface area contributed by atoms with Crippen LogP contribution in [0.4, 0.5) is 17.1 Å². The monoisotopic (exact) mass is 647 g/mol. The summed E-state index contributed by atoms with van der Waals surface area (Å²) in [6.45, 7) is 3.59. The Labute approximate surface area is 255 Å². The standard InChI is InChI=1S/C29H27Cl2N3O6S2/c1-3-40-23-13-17-25(18-14-23)42(38,39)34(22-11-7-20(2)8-12-22)19-28(35)32-21-9-15-24(16-10-21)41(36,37)33-27-6-4-5-26(30)29(27)31/h4-18,33H,3,19H2,1-2H3,(H,32,35). The summed E-state index contributed by atoms with van der Waals surface area (Å²) in [5.41, 5.74) is 1.61. The first-order valence-corrected chi connectivity index (χ1v) is 16.3. The number of halogens is 2. The molecular weight excluding hydrogens is 621 g/mol.